The van der Waals surface area contributed by atoms with Crippen molar-refractivity contribution >= 4 is 18.0 Å². The van der Waals surface area contributed by atoms with Crippen LogP contribution in [0.5, 0.6) is 0 Å². The number of likely N-dealkylation sites (N-methyl/N-ethyl adjacent to an activating group) is 2. The number of nitrogens with one attached hydrogen (secondary N) is 2. The van der Waals surface area contributed by atoms with E-state index in [1.54, 1.807) is 19.0 Å². The van der Waals surface area contributed by atoms with Crippen molar-refractivity contribution in [2.75, 3.05) is 20.6 Å². The molecule has 0 unspecified atom stereocenters. The summed E-state index contributed by atoms with van der Waals surface area (Å²) in [5, 5.41) is 6.03. The van der Waals surface area contributed by atoms with Gasteiger partial charge in [0.1, 0.15) is 0 Å². The molecule has 0 aromatic heterocycles. The molecule has 0 heterocycles. The van der Waals surface area contributed by atoms with E-state index in [-0.39, 0.29) is 36.1 Å². The van der Waals surface area contributed by atoms with Crippen molar-refractivity contribution in [3.8, 4) is 0 Å². The maximum Gasteiger partial charge on any atom is 0.240 e. The van der Waals surface area contributed by atoms with E-state index in [1.165, 1.54) is 0 Å². The number of ketones is 1. The van der Waals surface area contributed by atoms with E-state index in [1.807, 2.05) is 34.0 Å². The Hall–Kier alpha value is -1.27. The second-order valence-electron chi connectivity index (χ2n) is 8.25. The summed E-state index contributed by atoms with van der Waals surface area (Å²) < 4.78 is 0. The van der Waals surface area contributed by atoms with Gasteiger partial charge in [0.25, 0.3) is 0 Å². The Balaban J connectivity index is 5.18. The molecule has 0 bridgehead atoms. The third-order valence-electron chi connectivity index (χ3n) is 4.52. The lowest BCUT2D eigenvalue weighted by Crippen LogP contribution is -2.53. The normalized spacial score (nSPS) is 15.2. The van der Waals surface area contributed by atoms with Crippen LogP contribution in [0.1, 0.15) is 54.4 Å². The van der Waals surface area contributed by atoms with Crippen LogP contribution >= 0.6 is 0 Å². The van der Waals surface area contributed by atoms with Crippen LogP contribution in [-0.2, 0) is 14.4 Å². The zero-order valence-corrected chi connectivity index (χ0v) is 17.8. The molecule has 26 heavy (non-hydrogen) atoms. The molecule has 6 heteroatoms. The van der Waals surface area contributed by atoms with Crippen LogP contribution in [-0.4, -0.2) is 61.6 Å². The number of carbonyl (C=O) groups excluding carboxylic acids is 3. The molecule has 2 N–H and O–H groups in total. The zero-order valence-electron chi connectivity index (χ0n) is 17.8. The summed E-state index contributed by atoms with van der Waals surface area (Å²) in [5.41, 5.74) is 0. The molecule has 0 fully saturated rings. The largest absolute Gasteiger partial charge is 0.334 e. The van der Waals surface area contributed by atoms with Crippen molar-refractivity contribution in [2.24, 2.45) is 17.8 Å². The van der Waals surface area contributed by atoms with Crippen LogP contribution < -0.4 is 10.6 Å². The molecule has 0 aromatic rings. The first-order chi connectivity index (χ1) is 12.0. The summed E-state index contributed by atoms with van der Waals surface area (Å²) in [5.74, 6) is 0.567. The molecule has 0 aliphatic heterocycles. The first-order valence-corrected chi connectivity index (χ1v) is 9.62. The van der Waals surface area contributed by atoms with E-state index in [4.69, 9.17) is 0 Å². The van der Waals surface area contributed by atoms with E-state index in [0.717, 1.165) is 6.42 Å². The highest BCUT2D eigenvalue weighted by atomic mass is 16.2. The summed E-state index contributed by atoms with van der Waals surface area (Å²) in [6.07, 6.45) is 3.25. The lowest BCUT2D eigenvalue weighted by Gasteiger charge is -2.32. The fourth-order valence-corrected chi connectivity index (χ4v) is 2.91. The van der Waals surface area contributed by atoms with Gasteiger partial charge in [0.05, 0.1) is 24.7 Å². The van der Waals surface area contributed by atoms with Crippen molar-refractivity contribution in [2.45, 2.75) is 72.5 Å². The monoisotopic (exact) mass is 368 g/mol. The number of hydrogen-bond donors (Lipinski definition) is 2. The number of Topliss-reactive ketones (excluding diaryl/α,β-unsaturated/α-hetero) is 1. The summed E-state index contributed by atoms with van der Waals surface area (Å²) >= 11 is 0. The van der Waals surface area contributed by atoms with Crippen molar-refractivity contribution in [1.29, 1.82) is 0 Å². The molecule has 1 amide bonds. The molecule has 0 spiro atoms. The highest BCUT2D eigenvalue weighted by molar-refractivity contribution is 5.92. The van der Waals surface area contributed by atoms with Gasteiger partial charge in [-0.15, -0.1) is 0 Å². The summed E-state index contributed by atoms with van der Waals surface area (Å²) in [7, 11) is 3.47. The van der Waals surface area contributed by atoms with Crippen LogP contribution in [0, 0.1) is 17.8 Å². The fraction of sp³-hybridized carbons (Fsp3) is 0.850. The Morgan fingerprint density at radius 2 is 1.54 bits per heavy atom. The highest BCUT2D eigenvalue weighted by Crippen LogP contribution is 2.15. The number of amides is 1. The van der Waals surface area contributed by atoms with Crippen LogP contribution in [0.3, 0.4) is 0 Å². The quantitative estimate of drug-likeness (QED) is 0.518. The van der Waals surface area contributed by atoms with Gasteiger partial charge in [-0.3, -0.25) is 19.7 Å². The Labute approximate surface area is 159 Å². The minimum atomic E-state index is -0.502. The molecule has 0 aliphatic carbocycles. The van der Waals surface area contributed by atoms with Crippen LogP contribution in [0.2, 0.25) is 0 Å². The maximum absolute atomic E-state index is 12.9. The summed E-state index contributed by atoms with van der Waals surface area (Å²) in [4.78, 5) is 38.2. The molecule has 6 nitrogen and oxygen atoms in total. The van der Waals surface area contributed by atoms with Crippen molar-refractivity contribution < 1.29 is 14.4 Å². The van der Waals surface area contributed by atoms with Gasteiger partial charge >= 0.3 is 0 Å². The molecule has 151 valence electrons. The predicted molar refractivity (Wildman–Crippen MR) is 106 cm³/mol. The van der Waals surface area contributed by atoms with Crippen molar-refractivity contribution in [1.82, 2.24) is 15.5 Å². The van der Waals surface area contributed by atoms with Gasteiger partial charge in [0.2, 0.25) is 12.2 Å². The molecule has 0 saturated heterocycles. The van der Waals surface area contributed by atoms with Gasteiger partial charge < -0.3 is 10.2 Å². The Bertz CT molecular complexity index is 450. The number of hydrogen-bond acceptors (Lipinski definition) is 5. The third-order valence-corrected chi connectivity index (χ3v) is 4.52. The first kappa shape index (κ1) is 24.7. The van der Waals surface area contributed by atoms with Gasteiger partial charge in [-0.1, -0.05) is 41.5 Å². The molecule has 0 aromatic carbocycles. The topological polar surface area (TPSA) is 78.5 Å². The predicted octanol–water partition coefficient (Wildman–Crippen LogP) is 1.79. The van der Waals surface area contributed by atoms with E-state index in [9.17, 15) is 14.4 Å². The van der Waals surface area contributed by atoms with Crippen LogP contribution in [0.4, 0.5) is 0 Å². The SMILES string of the molecule is CN[C@@H](CC(C)C)C(=O)N(C)[C@@H](CC(C)C)C(=O)CN[C@H]([C]=O)C(C)C. The molecule has 0 saturated carbocycles. The molecule has 0 rings (SSSR count). The first-order valence-electron chi connectivity index (χ1n) is 9.62. The smallest absolute Gasteiger partial charge is 0.240 e. The van der Waals surface area contributed by atoms with Gasteiger partial charge in [-0.25, -0.2) is 0 Å². The maximum atomic E-state index is 12.9. The number of rotatable bonds is 13. The summed E-state index contributed by atoms with van der Waals surface area (Å²) in [6, 6.07) is -1.29. The standard InChI is InChI=1S/C20H38N3O3/c1-13(2)9-16(21-7)20(26)23(8)18(10-14(3)4)19(25)11-22-17(12-24)15(5)6/h13-18,21-22H,9-11H2,1-8H3/t16-,17+,18-/m0/s1. The van der Waals surface area contributed by atoms with E-state index in [2.05, 4.69) is 24.5 Å². The van der Waals surface area contributed by atoms with Gasteiger partial charge in [0, 0.05) is 7.05 Å². The Morgan fingerprint density at radius 3 is 1.92 bits per heavy atom. The van der Waals surface area contributed by atoms with Crippen LogP contribution in [0.15, 0.2) is 0 Å². The minimum absolute atomic E-state index is 0.0570. The minimum Gasteiger partial charge on any atom is -0.334 e. The van der Waals surface area contributed by atoms with E-state index in [0.29, 0.717) is 12.3 Å². The number of nitrogens with zero attached hydrogens (tertiary/aromatic N) is 1. The van der Waals surface area contributed by atoms with Gasteiger partial charge in [-0.2, -0.15) is 0 Å². The van der Waals surface area contributed by atoms with Gasteiger partial charge in [0.15, 0.2) is 5.78 Å². The molecular weight excluding hydrogens is 330 g/mol. The van der Waals surface area contributed by atoms with Crippen LogP contribution in [0.25, 0.3) is 0 Å². The van der Waals surface area contributed by atoms with E-state index >= 15 is 0 Å². The Kier molecular flexibility index (Phi) is 11.6. The molecular formula is C20H38N3O3. The third kappa shape index (κ3) is 8.41. The second kappa shape index (κ2) is 12.2. The molecule has 0 aliphatic rings. The average molecular weight is 369 g/mol. The van der Waals surface area contributed by atoms with Gasteiger partial charge in [-0.05, 0) is 37.6 Å². The molecule has 3 atom stereocenters. The second-order valence-corrected chi connectivity index (χ2v) is 8.25. The summed E-state index contributed by atoms with van der Waals surface area (Å²) in [6.45, 7) is 12.1. The lowest BCUT2D eigenvalue weighted by molar-refractivity contribution is -0.140. The van der Waals surface area contributed by atoms with Crippen molar-refractivity contribution in [3.63, 3.8) is 0 Å². The number of carbonyl (C=O) groups is 2. The highest BCUT2D eigenvalue weighted by Gasteiger charge is 2.31. The fourth-order valence-electron chi connectivity index (χ4n) is 2.91. The van der Waals surface area contributed by atoms with Crippen molar-refractivity contribution in [3.05, 3.63) is 0 Å². The lowest BCUT2D eigenvalue weighted by atomic mass is 9.96. The zero-order chi connectivity index (χ0) is 20.4. The molecule has 1 radical (unpaired) electrons. The Morgan fingerprint density at radius 1 is 1.00 bits per heavy atom. The average Bonchev–Trinajstić information content (AvgIpc) is 2.55. The van der Waals surface area contributed by atoms with E-state index < -0.39 is 12.1 Å².